The summed E-state index contributed by atoms with van der Waals surface area (Å²) >= 11 is 3.63. The SMILES string of the molecule is COC(=O)[C@H](Cc1cccc2c(-c3nccc4c(Br)cccc34)cccc12)NC(=O)OC(C)(C)C. The number of aromatic nitrogens is 1. The lowest BCUT2D eigenvalue weighted by Gasteiger charge is -2.23. The van der Waals surface area contributed by atoms with Crippen LogP contribution in [-0.2, 0) is 20.7 Å². The third-order valence-electron chi connectivity index (χ3n) is 5.62. The van der Waals surface area contributed by atoms with Crippen LogP contribution in [0.4, 0.5) is 4.79 Å². The lowest BCUT2D eigenvalue weighted by atomic mass is 9.93. The van der Waals surface area contributed by atoms with Crippen LogP contribution in [0.5, 0.6) is 0 Å². The molecule has 6 nitrogen and oxygen atoms in total. The molecule has 180 valence electrons. The fraction of sp³-hybridized carbons (Fsp3) is 0.250. The summed E-state index contributed by atoms with van der Waals surface area (Å²) in [6.45, 7) is 5.31. The molecule has 3 aromatic carbocycles. The minimum absolute atomic E-state index is 0.251. The van der Waals surface area contributed by atoms with Crippen molar-refractivity contribution in [1.82, 2.24) is 10.3 Å². The molecule has 0 saturated carbocycles. The molecular weight excluding hydrogens is 508 g/mol. The second kappa shape index (κ2) is 10.0. The van der Waals surface area contributed by atoms with Crippen LogP contribution in [-0.4, -0.2) is 35.8 Å². The summed E-state index contributed by atoms with van der Waals surface area (Å²) in [6.07, 6.45) is 1.39. The number of nitrogens with zero attached hydrogens (tertiary/aromatic N) is 1. The summed E-state index contributed by atoms with van der Waals surface area (Å²) in [5.41, 5.74) is 2.09. The van der Waals surface area contributed by atoms with Crippen LogP contribution in [0.3, 0.4) is 0 Å². The fourth-order valence-electron chi connectivity index (χ4n) is 4.15. The molecular formula is C28H27BrN2O4. The molecule has 35 heavy (non-hydrogen) atoms. The van der Waals surface area contributed by atoms with Gasteiger partial charge in [-0.15, -0.1) is 0 Å². The number of esters is 1. The van der Waals surface area contributed by atoms with Crippen LogP contribution in [0, 0.1) is 0 Å². The van der Waals surface area contributed by atoms with Crippen LogP contribution in [0.1, 0.15) is 26.3 Å². The van der Waals surface area contributed by atoms with Gasteiger partial charge in [-0.25, -0.2) is 9.59 Å². The normalized spacial score (nSPS) is 12.4. The zero-order valence-corrected chi connectivity index (χ0v) is 21.7. The number of benzene rings is 3. The van der Waals surface area contributed by atoms with Crippen LogP contribution in [0.15, 0.2) is 71.3 Å². The average Bonchev–Trinajstić information content (AvgIpc) is 2.82. The number of amides is 1. The van der Waals surface area contributed by atoms with E-state index < -0.39 is 23.7 Å². The molecule has 0 aliphatic carbocycles. The van der Waals surface area contributed by atoms with E-state index in [0.717, 1.165) is 42.8 Å². The van der Waals surface area contributed by atoms with Crippen LogP contribution < -0.4 is 5.32 Å². The molecule has 4 aromatic rings. The fourth-order valence-corrected chi connectivity index (χ4v) is 4.65. The van der Waals surface area contributed by atoms with Gasteiger partial charge in [0.15, 0.2) is 0 Å². The van der Waals surface area contributed by atoms with E-state index in [0.29, 0.717) is 0 Å². The Morgan fingerprint density at radius 2 is 1.63 bits per heavy atom. The maximum absolute atomic E-state index is 12.5. The van der Waals surface area contributed by atoms with Crippen molar-refractivity contribution in [3.63, 3.8) is 0 Å². The molecule has 1 heterocycles. The number of hydrogen-bond acceptors (Lipinski definition) is 5. The molecule has 0 aliphatic heterocycles. The van der Waals surface area contributed by atoms with E-state index in [-0.39, 0.29) is 6.42 Å². The third kappa shape index (κ3) is 5.46. The third-order valence-corrected chi connectivity index (χ3v) is 6.31. The number of alkyl carbamates (subject to hydrolysis) is 1. The Morgan fingerprint density at radius 1 is 0.943 bits per heavy atom. The van der Waals surface area contributed by atoms with E-state index in [4.69, 9.17) is 14.5 Å². The van der Waals surface area contributed by atoms with Gasteiger partial charge < -0.3 is 14.8 Å². The number of hydrogen-bond donors (Lipinski definition) is 1. The zero-order chi connectivity index (χ0) is 25.2. The van der Waals surface area contributed by atoms with Gasteiger partial charge in [-0.3, -0.25) is 4.98 Å². The Labute approximate surface area is 212 Å². The first-order valence-electron chi connectivity index (χ1n) is 11.3. The predicted molar refractivity (Wildman–Crippen MR) is 141 cm³/mol. The second-order valence-electron chi connectivity index (χ2n) is 9.24. The van der Waals surface area contributed by atoms with Crippen molar-refractivity contribution in [2.75, 3.05) is 7.11 Å². The zero-order valence-electron chi connectivity index (χ0n) is 20.1. The van der Waals surface area contributed by atoms with Crippen molar-refractivity contribution in [2.24, 2.45) is 0 Å². The highest BCUT2D eigenvalue weighted by molar-refractivity contribution is 9.10. The lowest BCUT2D eigenvalue weighted by molar-refractivity contribution is -0.143. The quantitative estimate of drug-likeness (QED) is 0.298. The van der Waals surface area contributed by atoms with Gasteiger partial charge in [0.1, 0.15) is 11.6 Å². The Morgan fingerprint density at radius 3 is 2.37 bits per heavy atom. The Hall–Kier alpha value is -3.45. The molecule has 1 amide bonds. The molecule has 0 spiro atoms. The van der Waals surface area contributed by atoms with Gasteiger partial charge in [0.05, 0.1) is 12.8 Å². The first-order valence-corrected chi connectivity index (χ1v) is 12.1. The van der Waals surface area contributed by atoms with E-state index in [2.05, 4.69) is 27.3 Å². The first-order chi connectivity index (χ1) is 16.7. The highest BCUT2D eigenvalue weighted by Gasteiger charge is 2.26. The van der Waals surface area contributed by atoms with Crippen molar-refractivity contribution in [2.45, 2.75) is 38.8 Å². The second-order valence-corrected chi connectivity index (χ2v) is 10.1. The summed E-state index contributed by atoms with van der Waals surface area (Å²) < 4.78 is 11.3. The summed E-state index contributed by atoms with van der Waals surface area (Å²) in [6, 6.07) is 19.1. The largest absolute Gasteiger partial charge is 0.467 e. The van der Waals surface area contributed by atoms with Gasteiger partial charge in [-0.05, 0) is 54.6 Å². The van der Waals surface area contributed by atoms with E-state index in [1.807, 2.05) is 60.8 Å². The van der Waals surface area contributed by atoms with Gasteiger partial charge in [-0.2, -0.15) is 0 Å². The number of fused-ring (bicyclic) bond motifs is 2. The Balaban J connectivity index is 1.76. The Kier molecular flexibility index (Phi) is 7.08. The number of ether oxygens (including phenoxy) is 2. The lowest BCUT2D eigenvalue weighted by Crippen LogP contribution is -2.45. The van der Waals surface area contributed by atoms with E-state index in [1.165, 1.54) is 7.11 Å². The maximum atomic E-state index is 12.5. The molecule has 0 bridgehead atoms. The smallest absolute Gasteiger partial charge is 0.408 e. The molecule has 0 saturated heterocycles. The minimum atomic E-state index is -0.893. The number of methoxy groups -OCH3 is 1. The molecule has 4 rings (SSSR count). The van der Waals surface area contributed by atoms with Gasteiger partial charge >= 0.3 is 12.1 Å². The molecule has 7 heteroatoms. The standard InChI is InChI=1S/C28H27BrN2O4/c1-28(2,3)35-27(33)31-24(26(32)34-4)16-17-8-5-10-19-18(17)9-6-11-21(19)25-22-12-7-13-23(29)20(22)14-15-30-25/h5-15,24H,16H2,1-4H3,(H,31,33)/t24-/m0/s1. The number of carbonyl (C=O) groups excluding carboxylic acids is 2. The topological polar surface area (TPSA) is 77.5 Å². The van der Waals surface area contributed by atoms with Crippen molar-refractivity contribution in [3.05, 3.63) is 76.9 Å². The van der Waals surface area contributed by atoms with Crippen molar-refractivity contribution >= 4 is 49.5 Å². The van der Waals surface area contributed by atoms with Crippen molar-refractivity contribution in [1.29, 1.82) is 0 Å². The highest BCUT2D eigenvalue weighted by Crippen LogP contribution is 2.35. The molecule has 0 aliphatic rings. The molecule has 1 aromatic heterocycles. The minimum Gasteiger partial charge on any atom is -0.467 e. The van der Waals surface area contributed by atoms with Gasteiger partial charge in [0.25, 0.3) is 0 Å². The Bertz CT molecular complexity index is 1410. The molecule has 0 unspecified atom stereocenters. The van der Waals surface area contributed by atoms with E-state index in [9.17, 15) is 9.59 Å². The van der Waals surface area contributed by atoms with E-state index in [1.54, 1.807) is 20.8 Å². The summed E-state index contributed by atoms with van der Waals surface area (Å²) in [5.74, 6) is -0.537. The average molecular weight is 535 g/mol. The van der Waals surface area contributed by atoms with Crippen molar-refractivity contribution in [3.8, 4) is 11.3 Å². The summed E-state index contributed by atoms with van der Waals surface area (Å²) in [4.78, 5) is 29.6. The summed E-state index contributed by atoms with van der Waals surface area (Å²) in [5, 5.41) is 6.76. The number of pyridine rings is 1. The monoisotopic (exact) mass is 534 g/mol. The predicted octanol–water partition coefficient (Wildman–Crippen LogP) is 6.43. The van der Waals surface area contributed by atoms with Crippen molar-refractivity contribution < 1.29 is 19.1 Å². The first kappa shape index (κ1) is 24.7. The molecule has 0 fully saturated rings. The number of nitrogens with one attached hydrogen (secondary N) is 1. The van der Waals surface area contributed by atoms with Gasteiger partial charge in [-0.1, -0.05) is 64.5 Å². The number of rotatable bonds is 5. The van der Waals surface area contributed by atoms with Gasteiger partial charge in [0, 0.05) is 28.0 Å². The maximum Gasteiger partial charge on any atom is 0.408 e. The van der Waals surface area contributed by atoms with Crippen LogP contribution in [0.25, 0.3) is 32.8 Å². The highest BCUT2D eigenvalue weighted by atomic mass is 79.9. The van der Waals surface area contributed by atoms with Gasteiger partial charge in [0.2, 0.25) is 0 Å². The van der Waals surface area contributed by atoms with Crippen LogP contribution in [0.2, 0.25) is 0 Å². The van der Waals surface area contributed by atoms with Crippen LogP contribution >= 0.6 is 15.9 Å². The summed E-state index contributed by atoms with van der Waals surface area (Å²) in [7, 11) is 1.30. The number of carbonyl (C=O) groups is 2. The molecule has 1 atom stereocenters. The van der Waals surface area contributed by atoms with E-state index >= 15 is 0 Å². The number of halogens is 1. The molecule has 0 radical (unpaired) electrons. The molecule has 1 N–H and O–H groups in total.